The largest absolute Gasteiger partial charge is 0.490 e. The van der Waals surface area contributed by atoms with Crippen molar-refractivity contribution in [3.8, 4) is 5.75 Å². The third-order valence-corrected chi connectivity index (χ3v) is 3.88. The van der Waals surface area contributed by atoms with Crippen molar-refractivity contribution in [2.45, 2.75) is 18.9 Å². The van der Waals surface area contributed by atoms with E-state index in [-0.39, 0.29) is 6.10 Å². The minimum Gasteiger partial charge on any atom is -0.490 e. The highest BCUT2D eigenvalue weighted by molar-refractivity contribution is 5.75. The van der Waals surface area contributed by atoms with Gasteiger partial charge in [-0.25, -0.2) is 0 Å². The number of para-hydroxylation sites is 1. The fourth-order valence-corrected chi connectivity index (χ4v) is 2.69. The summed E-state index contributed by atoms with van der Waals surface area (Å²) in [7, 11) is 0. The van der Waals surface area contributed by atoms with E-state index in [9.17, 15) is 4.79 Å². The van der Waals surface area contributed by atoms with Crippen LogP contribution in [0.3, 0.4) is 0 Å². The minimum atomic E-state index is 0.290. The Morgan fingerprint density at radius 2 is 1.62 bits per heavy atom. The molecule has 0 aliphatic carbocycles. The van der Waals surface area contributed by atoms with Crippen molar-refractivity contribution in [3.63, 3.8) is 0 Å². The van der Waals surface area contributed by atoms with Gasteiger partial charge in [0.25, 0.3) is 0 Å². The predicted molar refractivity (Wildman–Crippen MR) is 84.1 cm³/mol. The van der Waals surface area contributed by atoms with Gasteiger partial charge in [0.15, 0.2) is 0 Å². The van der Waals surface area contributed by atoms with Crippen LogP contribution in [0.2, 0.25) is 0 Å². The third kappa shape index (κ3) is 3.43. The first-order valence-electron chi connectivity index (χ1n) is 7.37. The number of benzene rings is 2. The molecule has 0 N–H and O–H groups in total. The molecule has 2 aromatic carbocycles. The van der Waals surface area contributed by atoms with Gasteiger partial charge in [0.1, 0.15) is 18.1 Å². The van der Waals surface area contributed by atoms with E-state index < -0.39 is 0 Å². The Balaban J connectivity index is 1.56. The molecule has 1 aliphatic heterocycles. The second kappa shape index (κ2) is 6.44. The van der Waals surface area contributed by atoms with Crippen LogP contribution in [0.5, 0.6) is 5.75 Å². The van der Waals surface area contributed by atoms with E-state index >= 15 is 0 Å². The molecule has 21 heavy (non-hydrogen) atoms. The van der Waals surface area contributed by atoms with E-state index in [1.165, 1.54) is 5.69 Å². The molecule has 0 atom stereocenters. The highest BCUT2D eigenvalue weighted by Gasteiger charge is 2.20. The number of nitrogens with zero attached hydrogens (tertiary/aromatic N) is 1. The smallest absolute Gasteiger partial charge is 0.150 e. The van der Waals surface area contributed by atoms with E-state index in [1.54, 1.807) is 0 Å². The summed E-state index contributed by atoms with van der Waals surface area (Å²) in [6.07, 6.45) is 3.20. The molecule has 1 saturated heterocycles. The Hall–Kier alpha value is -2.29. The molecule has 0 bridgehead atoms. The molecule has 0 aromatic heterocycles. The van der Waals surface area contributed by atoms with Crippen LogP contribution in [0.15, 0.2) is 54.6 Å². The van der Waals surface area contributed by atoms with Crippen LogP contribution in [-0.2, 0) is 0 Å². The topological polar surface area (TPSA) is 29.5 Å². The van der Waals surface area contributed by atoms with Gasteiger partial charge in [-0.1, -0.05) is 18.2 Å². The summed E-state index contributed by atoms with van der Waals surface area (Å²) in [5.74, 6) is 0.950. The second-order valence-electron chi connectivity index (χ2n) is 5.33. The monoisotopic (exact) mass is 281 g/mol. The lowest BCUT2D eigenvalue weighted by Crippen LogP contribution is -2.38. The van der Waals surface area contributed by atoms with Crippen molar-refractivity contribution < 1.29 is 9.53 Å². The van der Waals surface area contributed by atoms with Gasteiger partial charge in [0.2, 0.25) is 0 Å². The Kier molecular flexibility index (Phi) is 4.20. The summed E-state index contributed by atoms with van der Waals surface area (Å²) < 4.78 is 6.00. The number of hydrogen-bond donors (Lipinski definition) is 0. The van der Waals surface area contributed by atoms with E-state index in [0.717, 1.165) is 43.5 Å². The molecule has 0 unspecified atom stereocenters. The van der Waals surface area contributed by atoms with Crippen molar-refractivity contribution in [3.05, 3.63) is 60.2 Å². The summed E-state index contributed by atoms with van der Waals surface area (Å²) in [6, 6.07) is 17.8. The molecular weight excluding hydrogens is 262 g/mol. The molecule has 3 nitrogen and oxygen atoms in total. The highest BCUT2D eigenvalue weighted by atomic mass is 16.5. The maximum atomic E-state index is 10.7. The van der Waals surface area contributed by atoms with E-state index in [0.29, 0.717) is 0 Å². The molecule has 3 heteroatoms. The first kappa shape index (κ1) is 13.7. The van der Waals surface area contributed by atoms with Gasteiger partial charge in [-0.15, -0.1) is 0 Å². The first-order valence-corrected chi connectivity index (χ1v) is 7.37. The van der Waals surface area contributed by atoms with E-state index in [2.05, 4.69) is 4.90 Å². The zero-order chi connectivity index (χ0) is 14.5. The lowest BCUT2D eigenvalue weighted by molar-refractivity contribution is 0.112. The lowest BCUT2D eigenvalue weighted by Gasteiger charge is -2.33. The second-order valence-corrected chi connectivity index (χ2v) is 5.33. The zero-order valence-corrected chi connectivity index (χ0v) is 11.9. The Bertz CT molecular complexity index is 572. The number of carbonyl (C=O) groups is 1. The summed E-state index contributed by atoms with van der Waals surface area (Å²) in [5, 5.41) is 0. The van der Waals surface area contributed by atoms with Crippen LogP contribution < -0.4 is 9.64 Å². The average molecular weight is 281 g/mol. The molecule has 0 amide bonds. The van der Waals surface area contributed by atoms with Gasteiger partial charge in [-0.05, 0) is 36.4 Å². The predicted octanol–water partition coefficient (Wildman–Crippen LogP) is 3.55. The standard InChI is InChI=1S/C18H19NO2/c20-14-15-6-8-16(9-7-15)19-12-10-18(11-13-19)21-17-4-2-1-3-5-17/h1-9,14,18H,10-13H2. The number of hydrogen-bond acceptors (Lipinski definition) is 3. The zero-order valence-electron chi connectivity index (χ0n) is 11.9. The maximum absolute atomic E-state index is 10.7. The molecule has 0 radical (unpaired) electrons. The van der Waals surface area contributed by atoms with Gasteiger partial charge in [-0.2, -0.15) is 0 Å². The van der Waals surface area contributed by atoms with E-state index in [1.807, 2.05) is 54.6 Å². The van der Waals surface area contributed by atoms with Gasteiger partial charge in [0, 0.05) is 37.2 Å². The minimum absolute atomic E-state index is 0.290. The van der Waals surface area contributed by atoms with Crippen LogP contribution in [0, 0.1) is 0 Å². The van der Waals surface area contributed by atoms with Crippen LogP contribution in [0.25, 0.3) is 0 Å². The number of piperidine rings is 1. The van der Waals surface area contributed by atoms with Crippen molar-refractivity contribution in [1.29, 1.82) is 0 Å². The number of anilines is 1. The third-order valence-electron chi connectivity index (χ3n) is 3.88. The Morgan fingerprint density at radius 3 is 2.24 bits per heavy atom. The quantitative estimate of drug-likeness (QED) is 0.803. The van der Waals surface area contributed by atoms with Gasteiger partial charge < -0.3 is 9.64 Å². The average Bonchev–Trinajstić information content (AvgIpc) is 2.57. The van der Waals surface area contributed by atoms with Gasteiger partial charge in [0.05, 0.1) is 0 Å². The highest BCUT2D eigenvalue weighted by Crippen LogP contribution is 2.23. The van der Waals surface area contributed by atoms with Crippen molar-refractivity contribution in [2.75, 3.05) is 18.0 Å². The molecule has 3 rings (SSSR count). The molecule has 1 heterocycles. The molecule has 0 saturated carbocycles. The summed E-state index contributed by atoms with van der Waals surface area (Å²) in [5.41, 5.74) is 1.90. The molecule has 2 aromatic rings. The van der Waals surface area contributed by atoms with Crippen LogP contribution >= 0.6 is 0 Å². The summed E-state index contributed by atoms with van der Waals surface area (Å²) in [6.45, 7) is 1.97. The van der Waals surface area contributed by atoms with Crippen LogP contribution in [0.1, 0.15) is 23.2 Å². The summed E-state index contributed by atoms with van der Waals surface area (Å²) >= 11 is 0. The first-order chi connectivity index (χ1) is 10.3. The number of aldehydes is 1. The molecule has 0 spiro atoms. The molecule has 1 aliphatic rings. The lowest BCUT2D eigenvalue weighted by atomic mass is 10.1. The molecule has 1 fully saturated rings. The Labute approximate surface area is 125 Å². The summed E-state index contributed by atoms with van der Waals surface area (Å²) in [4.78, 5) is 13.0. The fraction of sp³-hybridized carbons (Fsp3) is 0.278. The van der Waals surface area contributed by atoms with Crippen molar-refractivity contribution in [2.24, 2.45) is 0 Å². The van der Waals surface area contributed by atoms with Crippen molar-refractivity contribution >= 4 is 12.0 Å². The number of carbonyl (C=O) groups excluding carboxylic acids is 1. The maximum Gasteiger partial charge on any atom is 0.150 e. The normalized spacial score (nSPS) is 15.7. The van der Waals surface area contributed by atoms with Crippen LogP contribution in [-0.4, -0.2) is 25.5 Å². The molecule has 108 valence electrons. The van der Waals surface area contributed by atoms with Crippen molar-refractivity contribution in [1.82, 2.24) is 0 Å². The van der Waals surface area contributed by atoms with Crippen LogP contribution in [0.4, 0.5) is 5.69 Å². The Morgan fingerprint density at radius 1 is 0.952 bits per heavy atom. The molecular formula is C18H19NO2. The van der Waals surface area contributed by atoms with Gasteiger partial charge >= 0.3 is 0 Å². The van der Waals surface area contributed by atoms with Gasteiger partial charge in [-0.3, -0.25) is 4.79 Å². The SMILES string of the molecule is O=Cc1ccc(N2CCC(Oc3ccccc3)CC2)cc1. The number of rotatable bonds is 4. The van der Waals surface area contributed by atoms with E-state index in [4.69, 9.17) is 4.74 Å². The number of ether oxygens (including phenoxy) is 1. The fourth-order valence-electron chi connectivity index (χ4n) is 2.69.